The van der Waals surface area contributed by atoms with Gasteiger partial charge in [0.2, 0.25) is 0 Å². The third kappa shape index (κ3) is 6.21. The topological polar surface area (TPSA) is 60.2 Å². The highest BCUT2D eigenvalue weighted by Gasteiger charge is 2.10. The molecule has 0 saturated carbocycles. The summed E-state index contributed by atoms with van der Waals surface area (Å²) in [5.41, 5.74) is 9.81. The standard InChI is InChI=1S/C15H25NO2S/c1-4-19(17,18)7-5-6-15(16)11-14-9-12(2)8-13(3)10-14/h8-10,15H,4-7,11,16H2,1-3H3. The molecule has 1 aromatic carbocycles. The molecule has 1 rings (SSSR count). The Morgan fingerprint density at radius 2 is 1.74 bits per heavy atom. The molecule has 0 aliphatic heterocycles. The monoisotopic (exact) mass is 283 g/mol. The zero-order valence-electron chi connectivity index (χ0n) is 12.1. The molecule has 19 heavy (non-hydrogen) atoms. The van der Waals surface area contributed by atoms with Crippen molar-refractivity contribution in [2.24, 2.45) is 5.73 Å². The minimum absolute atomic E-state index is 0.0354. The molecule has 0 heterocycles. The highest BCUT2D eigenvalue weighted by atomic mass is 32.2. The van der Waals surface area contributed by atoms with Crippen LogP contribution in [-0.2, 0) is 16.3 Å². The average molecular weight is 283 g/mol. The molecular formula is C15H25NO2S. The fourth-order valence-electron chi connectivity index (χ4n) is 2.30. The third-order valence-electron chi connectivity index (χ3n) is 3.25. The van der Waals surface area contributed by atoms with Crippen LogP contribution in [0.1, 0.15) is 36.5 Å². The number of nitrogens with two attached hydrogens (primary N) is 1. The van der Waals surface area contributed by atoms with Crippen LogP contribution in [0.2, 0.25) is 0 Å². The summed E-state index contributed by atoms with van der Waals surface area (Å²) in [6.07, 6.45) is 2.23. The van der Waals surface area contributed by atoms with Crippen LogP contribution in [0.15, 0.2) is 18.2 Å². The molecule has 4 heteroatoms. The van der Waals surface area contributed by atoms with Crippen LogP contribution >= 0.6 is 0 Å². The SMILES string of the molecule is CCS(=O)(=O)CCCC(N)Cc1cc(C)cc(C)c1. The van der Waals surface area contributed by atoms with Crippen molar-refractivity contribution in [3.63, 3.8) is 0 Å². The molecule has 3 nitrogen and oxygen atoms in total. The summed E-state index contributed by atoms with van der Waals surface area (Å²) in [6, 6.07) is 6.47. The lowest BCUT2D eigenvalue weighted by Gasteiger charge is -2.12. The van der Waals surface area contributed by atoms with E-state index < -0.39 is 9.84 Å². The highest BCUT2D eigenvalue weighted by molar-refractivity contribution is 7.91. The van der Waals surface area contributed by atoms with Gasteiger partial charge in [0, 0.05) is 11.8 Å². The normalized spacial score (nSPS) is 13.5. The van der Waals surface area contributed by atoms with Crippen LogP contribution in [0.3, 0.4) is 0 Å². The number of sulfone groups is 1. The summed E-state index contributed by atoms with van der Waals surface area (Å²) >= 11 is 0. The fourth-order valence-corrected chi connectivity index (χ4v) is 3.20. The molecule has 0 fully saturated rings. The van der Waals surface area contributed by atoms with E-state index in [1.165, 1.54) is 16.7 Å². The molecule has 0 amide bonds. The smallest absolute Gasteiger partial charge is 0.150 e. The van der Waals surface area contributed by atoms with Gasteiger partial charge in [0.05, 0.1) is 5.75 Å². The maximum atomic E-state index is 11.4. The van der Waals surface area contributed by atoms with Gasteiger partial charge in [-0.2, -0.15) is 0 Å². The van der Waals surface area contributed by atoms with E-state index in [9.17, 15) is 8.42 Å². The number of aryl methyl sites for hydroxylation is 2. The third-order valence-corrected chi connectivity index (χ3v) is 5.04. The van der Waals surface area contributed by atoms with Crippen LogP contribution in [0.25, 0.3) is 0 Å². The number of rotatable bonds is 7. The molecule has 1 atom stereocenters. The number of hydrogen-bond acceptors (Lipinski definition) is 3. The first-order valence-electron chi connectivity index (χ1n) is 6.85. The lowest BCUT2D eigenvalue weighted by molar-refractivity contribution is 0.574. The predicted molar refractivity (Wildman–Crippen MR) is 81.2 cm³/mol. The van der Waals surface area contributed by atoms with E-state index in [4.69, 9.17) is 5.73 Å². The Labute approximate surface area is 117 Å². The molecule has 0 saturated heterocycles. The van der Waals surface area contributed by atoms with Crippen molar-refractivity contribution >= 4 is 9.84 Å². The van der Waals surface area contributed by atoms with Crippen molar-refractivity contribution in [2.45, 2.75) is 46.1 Å². The van der Waals surface area contributed by atoms with Gasteiger partial charge in [0.15, 0.2) is 0 Å². The van der Waals surface area contributed by atoms with Crippen molar-refractivity contribution in [3.05, 3.63) is 34.9 Å². The summed E-state index contributed by atoms with van der Waals surface area (Å²) in [6.45, 7) is 5.84. The summed E-state index contributed by atoms with van der Waals surface area (Å²) in [5, 5.41) is 0. The predicted octanol–water partition coefficient (Wildman–Crippen LogP) is 2.39. The van der Waals surface area contributed by atoms with Crippen LogP contribution in [0.5, 0.6) is 0 Å². The molecule has 1 unspecified atom stereocenters. The first-order chi connectivity index (χ1) is 8.82. The van der Waals surface area contributed by atoms with Gasteiger partial charge in [0.1, 0.15) is 9.84 Å². The van der Waals surface area contributed by atoms with Crippen molar-refractivity contribution < 1.29 is 8.42 Å². The summed E-state index contributed by atoms with van der Waals surface area (Å²) in [7, 11) is -2.86. The van der Waals surface area contributed by atoms with Gasteiger partial charge in [-0.05, 0) is 38.7 Å². The van der Waals surface area contributed by atoms with Gasteiger partial charge in [-0.15, -0.1) is 0 Å². The molecule has 0 aromatic heterocycles. The molecule has 108 valence electrons. The fraction of sp³-hybridized carbons (Fsp3) is 0.600. The molecule has 0 radical (unpaired) electrons. The van der Waals surface area contributed by atoms with Gasteiger partial charge in [-0.3, -0.25) is 0 Å². The van der Waals surface area contributed by atoms with E-state index in [0.29, 0.717) is 6.42 Å². The van der Waals surface area contributed by atoms with E-state index in [2.05, 4.69) is 32.0 Å². The number of benzene rings is 1. The second kappa shape index (κ2) is 7.06. The average Bonchev–Trinajstić information content (AvgIpc) is 2.27. The van der Waals surface area contributed by atoms with E-state index in [0.717, 1.165) is 12.8 Å². The van der Waals surface area contributed by atoms with E-state index in [1.807, 2.05) is 0 Å². The van der Waals surface area contributed by atoms with Gasteiger partial charge in [-0.25, -0.2) is 8.42 Å². The largest absolute Gasteiger partial charge is 0.327 e. The molecule has 0 aliphatic carbocycles. The maximum absolute atomic E-state index is 11.4. The number of hydrogen-bond donors (Lipinski definition) is 1. The van der Waals surface area contributed by atoms with Gasteiger partial charge < -0.3 is 5.73 Å². The van der Waals surface area contributed by atoms with E-state index in [1.54, 1.807) is 6.92 Å². The Hall–Kier alpha value is -0.870. The van der Waals surface area contributed by atoms with E-state index >= 15 is 0 Å². The van der Waals surface area contributed by atoms with Gasteiger partial charge >= 0.3 is 0 Å². The zero-order valence-corrected chi connectivity index (χ0v) is 13.0. The lowest BCUT2D eigenvalue weighted by Crippen LogP contribution is -2.24. The zero-order chi connectivity index (χ0) is 14.5. The van der Waals surface area contributed by atoms with Crippen LogP contribution in [-0.4, -0.2) is 26.0 Å². The highest BCUT2D eigenvalue weighted by Crippen LogP contribution is 2.12. The summed E-state index contributed by atoms with van der Waals surface area (Å²) < 4.78 is 22.8. The first kappa shape index (κ1) is 16.2. The maximum Gasteiger partial charge on any atom is 0.150 e. The Balaban J connectivity index is 2.45. The molecule has 0 spiro atoms. The Morgan fingerprint density at radius 3 is 2.26 bits per heavy atom. The quantitative estimate of drug-likeness (QED) is 0.836. The first-order valence-corrected chi connectivity index (χ1v) is 8.67. The molecule has 2 N–H and O–H groups in total. The van der Waals surface area contributed by atoms with Crippen molar-refractivity contribution in [1.29, 1.82) is 0 Å². The second-order valence-corrected chi connectivity index (χ2v) is 7.81. The Bertz CT molecular complexity index is 489. The van der Waals surface area contributed by atoms with Crippen LogP contribution in [0, 0.1) is 13.8 Å². The van der Waals surface area contributed by atoms with Crippen LogP contribution < -0.4 is 5.73 Å². The molecule has 1 aromatic rings. The Morgan fingerprint density at radius 1 is 1.16 bits per heavy atom. The minimum Gasteiger partial charge on any atom is -0.327 e. The molecular weight excluding hydrogens is 258 g/mol. The van der Waals surface area contributed by atoms with E-state index in [-0.39, 0.29) is 17.5 Å². The van der Waals surface area contributed by atoms with Gasteiger partial charge in [-0.1, -0.05) is 36.2 Å². The molecule has 0 bridgehead atoms. The van der Waals surface area contributed by atoms with Crippen molar-refractivity contribution in [1.82, 2.24) is 0 Å². The second-order valence-electron chi connectivity index (χ2n) is 5.34. The minimum atomic E-state index is -2.86. The lowest BCUT2D eigenvalue weighted by atomic mass is 9.99. The van der Waals surface area contributed by atoms with Crippen molar-refractivity contribution in [3.8, 4) is 0 Å². The van der Waals surface area contributed by atoms with Crippen LogP contribution in [0.4, 0.5) is 0 Å². The van der Waals surface area contributed by atoms with Gasteiger partial charge in [0.25, 0.3) is 0 Å². The Kier molecular flexibility index (Phi) is 6.01. The van der Waals surface area contributed by atoms with Crippen molar-refractivity contribution in [2.75, 3.05) is 11.5 Å². The summed E-state index contributed by atoms with van der Waals surface area (Å²) in [5.74, 6) is 0.476. The summed E-state index contributed by atoms with van der Waals surface area (Å²) in [4.78, 5) is 0. The molecule has 0 aliphatic rings.